The summed E-state index contributed by atoms with van der Waals surface area (Å²) in [6.07, 6.45) is 6.04. The number of nitrogens with zero attached hydrogens (tertiary/aromatic N) is 2. The van der Waals surface area contributed by atoms with E-state index in [0.717, 1.165) is 6.54 Å². The second-order valence-corrected chi connectivity index (χ2v) is 4.54. The lowest BCUT2D eigenvalue weighted by Crippen LogP contribution is -2.28. The van der Waals surface area contributed by atoms with Crippen molar-refractivity contribution in [2.24, 2.45) is 4.99 Å². The van der Waals surface area contributed by atoms with Crippen molar-refractivity contribution < 1.29 is 0 Å². The van der Waals surface area contributed by atoms with Gasteiger partial charge in [0.25, 0.3) is 0 Å². The van der Waals surface area contributed by atoms with Crippen molar-refractivity contribution in [1.29, 1.82) is 0 Å². The molecule has 1 saturated heterocycles. The molecule has 2 nitrogen and oxygen atoms in total. The number of rotatable bonds is 3. The summed E-state index contributed by atoms with van der Waals surface area (Å²) in [7, 11) is 0. The molecule has 1 aliphatic heterocycles. The van der Waals surface area contributed by atoms with E-state index in [1.807, 2.05) is 6.34 Å². The zero-order valence-corrected chi connectivity index (χ0v) is 10.0. The smallest absolute Gasteiger partial charge is 0.0853 e. The molecular weight excluding hydrogens is 196 g/mol. The van der Waals surface area contributed by atoms with Crippen molar-refractivity contribution in [3.63, 3.8) is 0 Å². The monoisotopic (exact) mass is 216 g/mol. The van der Waals surface area contributed by atoms with E-state index >= 15 is 0 Å². The Kier molecular flexibility index (Phi) is 3.97. The molecule has 0 spiro atoms. The van der Waals surface area contributed by atoms with Crippen LogP contribution in [-0.4, -0.2) is 24.3 Å². The van der Waals surface area contributed by atoms with Gasteiger partial charge in [0.1, 0.15) is 0 Å². The van der Waals surface area contributed by atoms with Crippen molar-refractivity contribution in [2.75, 3.05) is 13.1 Å². The molecule has 0 bridgehead atoms. The summed E-state index contributed by atoms with van der Waals surface area (Å²) in [4.78, 5) is 6.83. The minimum Gasteiger partial charge on any atom is -0.363 e. The van der Waals surface area contributed by atoms with Gasteiger partial charge in [-0.2, -0.15) is 0 Å². The molecule has 0 atom stereocenters. The molecule has 1 fully saturated rings. The minimum absolute atomic E-state index is 0.802. The largest absolute Gasteiger partial charge is 0.363 e. The molecule has 0 N–H and O–H groups in total. The third kappa shape index (κ3) is 3.37. The van der Waals surface area contributed by atoms with Crippen LogP contribution >= 0.6 is 0 Å². The first-order chi connectivity index (χ1) is 7.84. The Balaban J connectivity index is 1.81. The molecule has 0 aliphatic carbocycles. The van der Waals surface area contributed by atoms with Gasteiger partial charge in [0, 0.05) is 13.1 Å². The first kappa shape index (κ1) is 11.2. The topological polar surface area (TPSA) is 15.6 Å². The van der Waals surface area contributed by atoms with Crippen LogP contribution in [0, 0.1) is 6.92 Å². The lowest BCUT2D eigenvalue weighted by atomic mass is 10.1. The molecule has 0 amide bonds. The van der Waals surface area contributed by atoms with Gasteiger partial charge in [0.05, 0.1) is 12.9 Å². The van der Waals surface area contributed by atoms with E-state index in [0.29, 0.717) is 0 Å². The van der Waals surface area contributed by atoms with Gasteiger partial charge in [0.15, 0.2) is 0 Å². The number of piperidine rings is 1. The van der Waals surface area contributed by atoms with E-state index in [-0.39, 0.29) is 0 Å². The van der Waals surface area contributed by atoms with Gasteiger partial charge in [0.2, 0.25) is 0 Å². The molecule has 86 valence electrons. The fraction of sp³-hybridized carbons (Fsp3) is 0.500. The van der Waals surface area contributed by atoms with Gasteiger partial charge in [-0.15, -0.1) is 0 Å². The molecule has 16 heavy (non-hydrogen) atoms. The Labute approximate surface area is 98.0 Å². The third-order valence-electron chi connectivity index (χ3n) is 3.03. The van der Waals surface area contributed by atoms with Gasteiger partial charge >= 0.3 is 0 Å². The van der Waals surface area contributed by atoms with E-state index in [1.165, 1.54) is 43.5 Å². The summed E-state index contributed by atoms with van der Waals surface area (Å²) in [6.45, 7) is 5.27. The number of benzene rings is 1. The SMILES string of the molecule is Cc1ccc(CN=CN2CCCCC2)cc1. The normalized spacial score (nSPS) is 16.9. The molecule has 2 rings (SSSR count). The van der Waals surface area contributed by atoms with Gasteiger partial charge < -0.3 is 4.90 Å². The molecule has 1 aromatic rings. The molecule has 1 heterocycles. The maximum absolute atomic E-state index is 4.50. The highest BCUT2D eigenvalue weighted by Gasteiger charge is 2.05. The zero-order valence-electron chi connectivity index (χ0n) is 10.0. The van der Waals surface area contributed by atoms with E-state index in [2.05, 4.69) is 41.1 Å². The lowest BCUT2D eigenvalue weighted by Gasteiger charge is -2.23. The van der Waals surface area contributed by atoms with E-state index in [1.54, 1.807) is 0 Å². The number of aliphatic imine (C=N–C) groups is 1. The fourth-order valence-corrected chi connectivity index (χ4v) is 1.99. The highest BCUT2D eigenvalue weighted by Crippen LogP contribution is 2.07. The van der Waals surface area contributed by atoms with Crippen molar-refractivity contribution in [3.8, 4) is 0 Å². The molecule has 1 aliphatic rings. The zero-order chi connectivity index (χ0) is 11.2. The highest BCUT2D eigenvalue weighted by atomic mass is 15.1. The predicted molar refractivity (Wildman–Crippen MR) is 68.8 cm³/mol. The standard InChI is InChI=1S/C14H20N2/c1-13-5-7-14(8-6-13)11-15-12-16-9-3-2-4-10-16/h5-8,12H,2-4,9-11H2,1H3. The Morgan fingerprint density at radius 3 is 2.50 bits per heavy atom. The predicted octanol–water partition coefficient (Wildman–Crippen LogP) is 3.01. The van der Waals surface area contributed by atoms with Crippen LogP contribution < -0.4 is 0 Å². The summed E-state index contributed by atoms with van der Waals surface area (Å²) < 4.78 is 0. The van der Waals surface area contributed by atoms with Crippen molar-refractivity contribution >= 4 is 6.34 Å². The van der Waals surface area contributed by atoms with Crippen molar-refractivity contribution in [3.05, 3.63) is 35.4 Å². The van der Waals surface area contributed by atoms with Crippen LogP contribution in [0.3, 0.4) is 0 Å². The number of likely N-dealkylation sites (tertiary alicyclic amines) is 1. The average Bonchev–Trinajstić information content (AvgIpc) is 2.33. The van der Waals surface area contributed by atoms with Crippen LogP contribution in [0.2, 0.25) is 0 Å². The van der Waals surface area contributed by atoms with Gasteiger partial charge in [-0.3, -0.25) is 4.99 Å². The summed E-state index contributed by atoms with van der Waals surface area (Å²) in [6, 6.07) is 8.60. The molecule has 0 unspecified atom stereocenters. The Hall–Kier alpha value is -1.31. The second kappa shape index (κ2) is 5.69. The fourth-order valence-electron chi connectivity index (χ4n) is 1.99. The Bertz CT molecular complexity index is 334. The molecular formula is C14H20N2. The van der Waals surface area contributed by atoms with Gasteiger partial charge in [-0.1, -0.05) is 29.8 Å². The Morgan fingerprint density at radius 1 is 1.12 bits per heavy atom. The second-order valence-electron chi connectivity index (χ2n) is 4.54. The molecule has 2 heteroatoms. The Morgan fingerprint density at radius 2 is 1.81 bits per heavy atom. The van der Waals surface area contributed by atoms with Crippen LogP contribution in [0.1, 0.15) is 30.4 Å². The van der Waals surface area contributed by atoms with Gasteiger partial charge in [-0.05, 0) is 31.7 Å². The van der Waals surface area contributed by atoms with Crippen LogP contribution in [0.15, 0.2) is 29.3 Å². The summed E-state index contributed by atoms with van der Waals surface area (Å²) >= 11 is 0. The van der Waals surface area contributed by atoms with Crippen molar-refractivity contribution in [1.82, 2.24) is 4.90 Å². The number of hydrogen-bond acceptors (Lipinski definition) is 1. The minimum atomic E-state index is 0.802. The lowest BCUT2D eigenvalue weighted by molar-refractivity contribution is 0.350. The summed E-state index contributed by atoms with van der Waals surface area (Å²) in [5.41, 5.74) is 2.60. The maximum atomic E-state index is 4.50. The highest BCUT2D eigenvalue weighted by molar-refractivity contribution is 5.55. The third-order valence-corrected chi connectivity index (χ3v) is 3.03. The van der Waals surface area contributed by atoms with Crippen LogP contribution in [0.5, 0.6) is 0 Å². The van der Waals surface area contributed by atoms with E-state index in [9.17, 15) is 0 Å². The van der Waals surface area contributed by atoms with Crippen LogP contribution in [-0.2, 0) is 6.54 Å². The van der Waals surface area contributed by atoms with Crippen LogP contribution in [0.25, 0.3) is 0 Å². The quantitative estimate of drug-likeness (QED) is 0.560. The average molecular weight is 216 g/mol. The maximum Gasteiger partial charge on any atom is 0.0853 e. The first-order valence-electron chi connectivity index (χ1n) is 6.14. The number of hydrogen-bond donors (Lipinski definition) is 0. The summed E-state index contributed by atoms with van der Waals surface area (Å²) in [5.74, 6) is 0. The molecule has 0 saturated carbocycles. The van der Waals surface area contributed by atoms with Crippen LogP contribution in [0.4, 0.5) is 0 Å². The molecule has 1 aromatic carbocycles. The van der Waals surface area contributed by atoms with Gasteiger partial charge in [-0.25, -0.2) is 0 Å². The number of aryl methyl sites for hydroxylation is 1. The first-order valence-corrected chi connectivity index (χ1v) is 6.14. The summed E-state index contributed by atoms with van der Waals surface area (Å²) in [5, 5.41) is 0. The van der Waals surface area contributed by atoms with Crippen molar-refractivity contribution in [2.45, 2.75) is 32.7 Å². The van der Waals surface area contributed by atoms with E-state index < -0.39 is 0 Å². The van der Waals surface area contributed by atoms with E-state index in [4.69, 9.17) is 0 Å². The molecule has 0 radical (unpaired) electrons. The molecule has 0 aromatic heterocycles.